The molecule has 3 rings (SSSR count). The second-order valence-corrected chi connectivity index (χ2v) is 9.55. The summed E-state index contributed by atoms with van der Waals surface area (Å²) in [7, 11) is -2.81. The van der Waals surface area contributed by atoms with Crippen LogP contribution >= 0.6 is 0 Å². The zero-order chi connectivity index (χ0) is 16.1. The van der Waals surface area contributed by atoms with Gasteiger partial charge in [0.1, 0.15) is 8.68 Å². The minimum absolute atomic E-state index is 0.262. The van der Waals surface area contributed by atoms with E-state index in [2.05, 4.69) is 19.2 Å². The van der Waals surface area contributed by atoms with Crippen LogP contribution in [0.5, 0.6) is 0 Å². The number of nitrogens with zero attached hydrogens (tertiary/aromatic N) is 1. The fraction of sp³-hybridized carbons (Fsp3) is 0.467. The molecule has 1 aromatic carbocycles. The van der Waals surface area contributed by atoms with E-state index in [4.69, 9.17) is 11.2 Å². The minimum atomic E-state index is -2.81. The molecule has 2 aliphatic heterocycles. The van der Waals surface area contributed by atoms with E-state index >= 15 is 0 Å². The molecule has 0 radical (unpaired) electrons. The molecule has 3 atom stereocenters. The van der Waals surface area contributed by atoms with Crippen molar-refractivity contribution in [1.29, 1.82) is 0 Å². The van der Waals surface area contributed by atoms with Gasteiger partial charge in [-0.15, -0.1) is 0 Å². The highest BCUT2D eigenvalue weighted by Crippen LogP contribution is 2.30. The number of rotatable bonds is 2. The molecule has 7 heteroatoms. The molecule has 118 valence electrons. The van der Waals surface area contributed by atoms with E-state index < -0.39 is 20.4 Å². The maximum Gasteiger partial charge on any atom is 0.296 e. The number of carbonyl (C=O) groups excluding carboxylic acids is 2. The Bertz CT molecular complexity index is 748. The molecule has 3 unspecified atom stereocenters. The molecule has 1 N–H and O–H groups in total. The van der Waals surface area contributed by atoms with Crippen LogP contribution in [0.1, 0.15) is 30.6 Å². The predicted octanol–water partition coefficient (Wildman–Crippen LogP) is 1.82. The van der Waals surface area contributed by atoms with Gasteiger partial charge in [0, 0.05) is 24.3 Å². The van der Waals surface area contributed by atoms with Gasteiger partial charge in [-0.3, -0.25) is 9.59 Å². The average molecular weight is 338 g/mol. The maximum atomic E-state index is 13.1. The summed E-state index contributed by atoms with van der Waals surface area (Å²) in [5.74, 6) is -0.371. The zero-order valence-electron chi connectivity index (χ0n) is 12.5. The molecule has 2 aliphatic rings. The van der Waals surface area contributed by atoms with Gasteiger partial charge in [-0.1, -0.05) is 13.8 Å². The fourth-order valence-electron chi connectivity index (χ4n) is 3.23. The van der Waals surface area contributed by atoms with Crippen LogP contribution in [0.3, 0.4) is 0 Å². The highest BCUT2D eigenvalue weighted by atomic mass is 32.8. The first kappa shape index (κ1) is 15.6. The number of nitrogens with one attached hydrogen (secondary N) is 1. The Balaban J connectivity index is 1.97. The third kappa shape index (κ3) is 2.57. The Morgan fingerprint density at radius 3 is 2.50 bits per heavy atom. The number of hydrogen-bond acceptors (Lipinski definition) is 4. The monoisotopic (exact) mass is 338 g/mol. The van der Waals surface area contributed by atoms with Crippen LogP contribution in [-0.2, 0) is 24.7 Å². The number of anilines is 1. The van der Waals surface area contributed by atoms with Crippen LogP contribution < -0.4 is 5.32 Å². The molecule has 1 saturated heterocycles. The molecule has 1 amide bonds. The quantitative estimate of drug-likeness (QED) is 0.836. The SMILES string of the molecule is CC1CC(C)CN(S(=O)(=S)c2ccc3c(c2)C(=O)C(=O)N3)C1. The van der Waals surface area contributed by atoms with Crippen LogP contribution in [0, 0.1) is 11.8 Å². The lowest BCUT2D eigenvalue weighted by atomic mass is 9.94. The van der Waals surface area contributed by atoms with Gasteiger partial charge in [0.2, 0.25) is 0 Å². The van der Waals surface area contributed by atoms with Gasteiger partial charge in [-0.05, 0) is 36.5 Å². The standard InChI is InChI=1S/C15H18N2O3S2/c1-9-5-10(2)8-17(7-9)22(20,21)11-3-4-13-12(6-11)14(18)15(19)16-13/h3-4,6,9-10H,5,7-8H2,1-2H3,(H,16,18,19). The van der Waals surface area contributed by atoms with Crippen molar-refractivity contribution in [3.63, 3.8) is 0 Å². The van der Waals surface area contributed by atoms with Crippen LogP contribution in [0.4, 0.5) is 5.69 Å². The molecule has 22 heavy (non-hydrogen) atoms. The van der Waals surface area contributed by atoms with Gasteiger partial charge in [0.15, 0.2) is 0 Å². The van der Waals surface area contributed by atoms with Gasteiger partial charge in [0.05, 0.1) is 16.1 Å². The number of amides is 1. The molecule has 0 saturated carbocycles. The smallest absolute Gasteiger partial charge is 0.296 e. The Kier molecular flexibility index (Phi) is 3.82. The first-order valence-electron chi connectivity index (χ1n) is 7.29. The van der Waals surface area contributed by atoms with Crippen molar-refractivity contribution in [3.05, 3.63) is 23.8 Å². The highest BCUT2D eigenvalue weighted by Gasteiger charge is 2.32. The van der Waals surface area contributed by atoms with Crippen LogP contribution in [0.25, 0.3) is 0 Å². The normalized spacial score (nSPS) is 28.1. The Morgan fingerprint density at radius 1 is 1.23 bits per heavy atom. The molecule has 1 fully saturated rings. The predicted molar refractivity (Wildman–Crippen MR) is 87.7 cm³/mol. The summed E-state index contributed by atoms with van der Waals surface area (Å²) in [6.07, 6.45) is 1.10. The number of Topliss-reactive ketones (excluding diaryl/α,β-unsaturated/α-hetero) is 1. The van der Waals surface area contributed by atoms with Crippen molar-refractivity contribution in [2.75, 3.05) is 18.4 Å². The highest BCUT2D eigenvalue weighted by molar-refractivity contribution is 8.31. The first-order valence-corrected chi connectivity index (χ1v) is 9.73. The molecule has 2 heterocycles. The van der Waals surface area contributed by atoms with E-state index in [0.717, 1.165) is 6.42 Å². The van der Waals surface area contributed by atoms with Gasteiger partial charge in [0.25, 0.3) is 11.7 Å². The number of hydrogen-bond donors (Lipinski definition) is 1. The largest absolute Gasteiger partial charge is 0.318 e. The number of benzene rings is 1. The molecule has 0 spiro atoms. The molecule has 0 bridgehead atoms. The first-order chi connectivity index (χ1) is 10.3. The minimum Gasteiger partial charge on any atom is -0.318 e. The average Bonchev–Trinajstić information content (AvgIpc) is 2.73. The van der Waals surface area contributed by atoms with Crippen molar-refractivity contribution in [1.82, 2.24) is 4.31 Å². The lowest BCUT2D eigenvalue weighted by molar-refractivity contribution is -0.112. The van der Waals surface area contributed by atoms with E-state index in [1.165, 1.54) is 6.07 Å². The Morgan fingerprint density at radius 2 is 1.86 bits per heavy atom. The van der Waals surface area contributed by atoms with E-state index in [9.17, 15) is 13.8 Å². The summed E-state index contributed by atoms with van der Waals surface area (Å²) >= 11 is 5.41. The third-order valence-electron chi connectivity index (χ3n) is 4.16. The summed E-state index contributed by atoms with van der Waals surface area (Å²) in [4.78, 5) is 23.7. The number of carbonyl (C=O) groups is 2. The fourth-order valence-corrected chi connectivity index (χ4v) is 5.62. The molecular weight excluding hydrogens is 320 g/mol. The molecule has 5 nitrogen and oxygen atoms in total. The summed E-state index contributed by atoms with van der Waals surface area (Å²) in [6.45, 7) is 5.63. The van der Waals surface area contributed by atoms with Crippen molar-refractivity contribution >= 4 is 37.2 Å². The van der Waals surface area contributed by atoms with Crippen molar-refractivity contribution in [2.24, 2.45) is 11.8 Å². The summed E-state index contributed by atoms with van der Waals surface area (Å²) in [5.41, 5.74) is 0.725. The molecule has 1 aromatic rings. The van der Waals surface area contributed by atoms with Gasteiger partial charge in [-0.2, -0.15) is 0 Å². The zero-order valence-corrected chi connectivity index (χ0v) is 14.1. The second-order valence-electron chi connectivity index (χ2n) is 6.26. The number of ketones is 1. The third-order valence-corrected chi connectivity index (χ3v) is 7.20. The van der Waals surface area contributed by atoms with Crippen molar-refractivity contribution in [2.45, 2.75) is 25.2 Å². The number of piperidine rings is 1. The van der Waals surface area contributed by atoms with Crippen molar-refractivity contribution < 1.29 is 13.8 Å². The van der Waals surface area contributed by atoms with Crippen LogP contribution in [-0.4, -0.2) is 33.3 Å². The number of fused-ring (bicyclic) bond motifs is 1. The van der Waals surface area contributed by atoms with E-state index in [1.807, 2.05) is 4.31 Å². The summed E-state index contributed by atoms with van der Waals surface area (Å²) < 4.78 is 15.0. The van der Waals surface area contributed by atoms with Crippen molar-refractivity contribution in [3.8, 4) is 0 Å². The Hall–Kier alpha value is -1.31. The molecule has 0 aliphatic carbocycles. The molecule has 0 aromatic heterocycles. The lowest BCUT2D eigenvalue weighted by Crippen LogP contribution is -2.42. The van der Waals surface area contributed by atoms with Gasteiger partial charge in [-0.25, -0.2) is 8.51 Å². The molecular formula is C15H18N2O3S2. The van der Waals surface area contributed by atoms with E-state index in [-0.39, 0.29) is 5.56 Å². The summed E-state index contributed by atoms with van der Waals surface area (Å²) in [5, 5.41) is 2.49. The van der Waals surface area contributed by atoms with Gasteiger partial charge < -0.3 is 5.32 Å². The van der Waals surface area contributed by atoms with Crippen LogP contribution in [0.15, 0.2) is 23.1 Å². The maximum absolute atomic E-state index is 13.1. The van der Waals surface area contributed by atoms with E-state index in [1.54, 1.807) is 12.1 Å². The topological polar surface area (TPSA) is 66.5 Å². The van der Waals surface area contributed by atoms with Crippen LogP contribution in [0.2, 0.25) is 0 Å². The van der Waals surface area contributed by atoms with Gasteiger partial charge >= 0.3 is 0 Å². The second kappa shape index (κ2) is 5.40. The lowest BCUT2D eigenvalue weighted by Gasteiger charge is -2.35. The van der Waals surface area contributed by atoms with E-state index in [0.29, 0.717) is 35.5 Å². The summed E-state index contributed by atoms with van der Waals surface area (Å²) in [6, 6.07) is 4.77. The Labute approximate surface area is 134 Å².